The van der Waals surface area contributed by atoms with Crippen molar-refractivity contribution in [2.24, 2.45) is 0 Å². The molecule has 3 rings (SSSR count). The summed E-state index contributed by atoms with van der Waals surface area (Å²) in [5.41, 5.74) is 9.64. The highest BCUT2D eigenvalue weighted by Gasteiger charge is 2.17. The number of anilines is 1. The maximum absolute atomic E-state index is 5.96. The van der Waals surface area contributed by atoms with E-state index in [1.54, 1.807) is 6.20 Å². The van der Waals surface area contributed by atoms with Crippen molar-refractivity contribution in [2.45, 2.75) is 46.1 Å². The fourth-order valence-corrected chi connectivity index (χ4v) is 2.53. The summed E-state index contributed by atoms with van der Waals surface area (Å²) < 4.78 is 2.02. The van der Waals surface area contributed by atoms with Gasteiger partial charge in [0, 0.05) is 17.7 Å². The second kappa shape index (κ2) is 5.95. The Morgan fingerprint density at radius 2 is 1.87 bits per heavy atom. The van der Waals surface area contributed by atoms with E-state index in [0.29, 0.717) is 18.3 Å². The van der Waals surface area contributed by atoms with Gasteiger partial charge in [0.05, 0.1) is 18.6 Å². The van der Waals surface area contributed by atoms with Gasteiger partial charge in [-0.25, -0.2) is 19.9 Å². The standard InChI is InChI=1S/C17H22N6/c1-10(2)13-14-17(22-16(21-13)11(3)4)23(9-20-14)8-12-6-5-7-19-15(12)18/h5-7,9-11H,8H2,1-4H3,(H2,18,19). The van der Waals surface area contributed by atoms with Crippen LogP contribution in [0.2, 0.25) is 0 Å². The molecule has 0 amide bonds. The lowest BCUT2D eigenvalue weighted by atomic mass is 10.1. The van der Waals surface area contributed by atoms with Gasteiger partial charge < -0.3 is 10.3 Å². The van der Waals surface area contributed by atoms with Gasteiger partial charge >= 0.3 is 0 Å². The molecule has 0 spiro atoms. The zero-order chi connectivity index (χ0) is 16.6. The SMILES string of the molecule is CC(C)c1nc(C(C)C)c2ncn(Cc3cccnc3N)c2n1. The fourth-order valence-electron chi connectivity index (χ4n) is 2.53. The number of aromatic nitrogens is 5. The summed E-state index contributed by atoms with van der Waals surface area (Å²) in [5.74, 6) is 1.95. The average molecular weight is 310 g/mol. The molecule has 0 unspecified atom stereocenters. The Morgan fingerprint density at radius 1 is 1.09 bits per heavy atom. The van der Waals surface area contributed by atoms with Crippen LogP contribution in [-0.2, 0) is 6.54 Å². The summed E-state index contributed by atoms with van der Waals surface area (Å²) in [6, 6.07) is 3.86. The number of hydrogen-bond acceptors (Lipinski definition) is 5. The molecular weight excluding hydrogens is 288 g/mol. The first-order valence-corrected chi connectivity index (χ1v) is 7.89. The Morgan fingerprint density at radius 3 is 2.52 bits per heavy atom. The molecule has 3 heterocycles. The van der Waals surface area contributed by atoms with Crippen molar-refractivity contribution in [1.82, 2.24) is 24.5 Å². The fraction of sp³-hybridized carbons (Fsp3) is 0.412. The quantitative estimate of drug-likeness (QED) is 0.800. The summed E-state index contributed by atoms with van der Waals surface area (Å²) in [5, 5.41) is 0. The molecule has 0 aliphatic rings. The minimum atomic E-state index is 0.267. The number of rotatable bonds is 4. The predicted molar refractivity (Wildman–Crippen MR) is 91.3 cm³/mol. The molecule has 6 heteroatoms. The van der Waals surface area contributed by atoms with Crippen LogP contribution in [0.5, 0.6) is 0 Å². The van der Waals surface area contributed by atoms with Crippen LogP contribution < -0.4 is 5.73 Å². The molecule has 3 aromatic heterocycles. The number of imidazole rings is 1. The Bertz CT molecular complexity index is 834. The van der Waals surface area contributed by atoms with Crippen LogP contribution in [0, 0.1) is 0 Å². The second-order valence-corrected chi connectivity index (χ2v) is 6.37. The maximum atomic E-state index is 5.96. The number of nitrogens with two attached hydrogens (primary N) is 1. The van der Waals surface area contributed by atoms with Gasteiger partial charge in [0.15, 0.2) is 5.65 Å². The van der Waals surface area contributed by atoms with Crippen LogP contribution in [0.1, 0.15) is 56.6 Å². The van der Waals surface area contributed by atoms with E-state index in [-0.39, 0.29) is 5.92 Å². The predicted octanol–water partition coefficient (Wildman–Crippen LogP) is 3.10. The summed E-state index contributed by atoms with van der Waals surface area (Å²) in [6.45, 7) is 9.06. The van der Waals surface area contributed by atoms with E-state index >= 15 is 0 Å². The molecule has 2 N–H and O–H groups in total. The molecule has 0 aliphatic heterocycles. The molecule has 0 atom stereocenters. The number of nitrogen functional groups attached to an aromatic ring is 1. The Labute approximate surface area is 135 Å². The number of hydrogen-bond donors (Lipinski definition) is 1. The molecule has 6 nitrogen and oxygen atoms in total. The van der Waals surface area contributed by atoms with E-state index in [0.717, 1.165) is 28.2 Å². The van der Waals surface area contributed by atoms with E-state index in [1.807, 2.05) is 23.0 Å². The molecule has 0 radical (unpaired) electrons. The van der Waals surface area contributed by atoms with Crippen molar-refractivity contribution in [2.75, 3.05) is 5.73 Å². The zero-order valence-corrected chi connectivity index (χ0v) is 14.0. The molecule has 0 saturated carbocycles. The topological polar surface area (TPSA) is 82.5 Å². The molecular formula is C17H22N6. The minimum Gasteiger partial charge on any atom is -0.383 e. The summed E-state index contributed by atoms with van der Waals surface area (Å²) in [7, 11) is 0. The van der Waals surface area contributed by atoms with Crippen molar-refractivity contribution < 1.29 is 0 Å². The van der Waals surface area contributed by atoms with Crippen molar-refractivity contribution in [3.05, 3.63) is 41.7 Å². The van der Waals surface area contributed by atoms with Gasteiger partial charge in [0.25, 0.3) is 0 Å². The van der Waals surface area contributed by atoms with Crippen LogP contribution >= 0.6 is 0 Å². The van der Waals surface area contributed by atoms with Gasteiger partial charge in [-0.1, -0.05) is 33.8 Å². The van der Waals surface area contributed by atoms with Gasteiger partial charge in [-0.15, -0.1) is 0 Å². The van der Waals surface area contributed by atoms with Crippen LogP contribution in [0.25, 0.3) is 11.2 Å². The highest BCUT2D eigenvalue weighted by atomic mass is 15.1. The van der Waals surface area contributed by atoms with Crippen molar-refractivity contribution in [3.63, 3.8) is 0 Å². The third kappa shape index (κ3) is 2.88. The summed E-state index contributed by atoms with van der Waals surface area (Å²) in [6.07, 6.45) is 3.50. The lowest BCUT2D eigenvalue weighted by molar-refractivity contribution is 0.731. The van der Waals surface area contributed by atoms with Crippen LogP contribution in [0.4, 0.5) is 5.82 Å². The smallest absolute Gasteiger partial charge is 0.164 e. The molecule has 0 aliphatic carbocycles. The Kier molecular flexibility index (Phi) is 3.98. The number of fused-ring (bicyclic) bond motifs is 1. The van der Waals surface area contributed by atoms with Gasteiger partial charge in [-0.2, -0.15) is 0 Å². The van der Waals surface area contributed by atoms with E-state index in [2.05, 4.69) is 37.7 Å². The molecule has 3 aromatic rings. The first-order chi connectivity index (χ1) is 11.0. The van der Waals surface area contributed by atoms with Crippen LogP contribution in [0.15, 0.2) is 24.7 Å². The lowest BCUT2D eigenvalue weighted by Crippen LogP contribution is -2.08. The molecule has 0 aromatic carbocycles. The largest absolute Gasteiger partial charge is 0.383 e. The molecule has 0 saturated heterocycles. The first-order valence-electron chi connectivity index (χ1n) is 7.89. The normalized spacial score (nSPS) is 11.7. The number of pyridine rings is 1. The van der Waals surface area contributed by atoms with Crippen LogP contribution in [-0.4, -0.2) is 24.5 Å². The second-order valence-electron chi connectivity index (χ2n) is 6.37. The van der Waals surface area contributed by atoms with E-state index in [4.69, 9.17) is 15.7 Å². The average Bonchev–Trinajstić information content (AvgIpc) is 2.91. The van der Waals surface area contributed by atoms with E-state index < -0.39 is 0 Å². The highest BCUT2D eigenvalue weighted by molar-refractivity contribution is 5.74. The monoisotopic (exact) mass is 310 g/mol. The van der Waals surface area contributed by atoms with Crippen molar-refractivity contribution in [1.29, 1.82) is 0 Å². The first kappa shape index (κ1) is 15.4. The third-order valence-corrected chi connectivity index (χ3v) is 3.84. The lowest BCUT2D eigenvalue weighted by Gasteiger charge is -2.12. The zero-order valence-electron chi connectivity index (χ0n) is 14.0. The van der Waals surface area contributed by atoms with Gasteiger partial charge in [-0.05, 0) is 12.0 Å². The minimum absolute atomic E-state index is 0.267. The highest BCUT2D eigenvalue weighted by Crippen LogP contribution is 2.24. The van der Waals surface area contributed by atoms with Crippen molar-refractivity contribution >= 4 is 17.0 Å². The van der Waals surface area contributed by atoms with Crippen molar-refractivity contribution in [3.8, 4) is 0 Å². The molecule has 0 fully saturated rings. The van der Waals surface area contributed by atoms with E-state index in [9.17, 15) is 0 Å². The van der Waals surface area contributed by atoms with E-state index in [1.165, 1.54) is 0 Å². The van der Waals surface area contributed by atoms with Gasteiger partial charge in [-0.3, -0.25) is 0 Å². The Hall–Kier alpha value is -2.50. The molecule has 0 bridgehead atoms. The summed E-state index contributed by atoms with van der Waals surface area (Å²) in [4.78, 5) is 18.1. The Balaban J connectivity index is 2.13. The maximum Gasteiger partial charge on any atom is 0.164 e. The third-order valence-electron chi connectivity index (χ3n) is 3.84. The molecule has 120 valence electrons. The van der Waals surface area contributed by atoms with Gasteiger partial charge in [0.1, 0.15) is 17.2 Å². The number of nitrogens with zero attached hydrogens (tertiary/aromatic N) is 5. The van der Waals surface area contributed by atoms with Crippen LogP contribution in [0.3, 0.4) is 0 Å². The van der Waals surface area contributed by atoms with Gasteiger partial charge in [0.2, 0.25) is 0 Å². The molecule has 23 heavy (non-hydrogen) atoms. The summed E-state index contributed by atoms with van der Waals surface area (Å²) >= 11 is 0.